The second-order valence-electron chi connectivity index (χ2n) is 4.47. The number of methoxy groups -OCH3 is 1. The number of halogens is 1. The van der Waals surface area contributed by atoms with Crippen molar-refractivity contribution in [3.8, 4) is 0 Å². The SMILES string of the molecule is COC(=O)CC[C@H](NC(=O)OCc1ccccc1)C(=O)CBr. The summed E-state index contributed by atoms with van der Waals surface area (Å²) >= 11 is 3.05. The van der Waals surface area contributed by atoms with E-state index >= 15 is 0 Å². The molecule has 6 nitrogen and oxygen atoms in total. The number of amides is 1. The number of rotatable bonds is 8. The molecular weight excluding hydrogens is 354 g/mol. The fraction of sp³-hybridized carbons (Fsp3) is 0.400. The first kappa shape index (κ1) is 18.2. The number of benzene rings is 1. The van der Waals surface area contributed by atoms with Crippen molar-refractivity contribution < 1.29 is 23.9 Å². The van der Waals surface area contributed by atoms with Gasteiger partial charge in [0, 0.05) is 6.42 Å². The molecule has 0 fully saturated rings. The fourth-order valence-corrected chi connectivity index (χ4v) is 2.07. The van der Waals surface area contributed by atoms with E-state index in [0.717, 1.165) is 5.56 Å². The number of carbonyl (C=O) groups excluding carboxylic acids is 3. The topological polar surface area (TPSA) is 81.7 Å². The first-order chi connectivity index (χ1) is 10.6. The van der Waals surface area contributed by atoms with Gasteiger partial charge in [0.25, 0.3) is 0 Å². The predicted octanol–water partition coefficient (Wildman–Crippen LogP) is 2.20. The van der Waals surface area contributed by atoms with Gasteiger partial charge in [-0.2, -0.15) is 0 Å². The maximum absolute atomic E-state index is 11.8. The van der Waals surface area contributed by atoms with Crippen LogP contribution in [0.2, 0.25) is 0 Å². The van der Waals surface area contributed by atoms with Gasteiger partial charge in [0.15, 0.2) is 5.78 Å². The van der Waals surface area contributed by atoms with E-state index in [1.165, 1.54) is 7.11 Å². The third-order valence-corrected chi connectivity index (χ3v) is 3.44. The first-order valence-corrected chi connectivity index (χ1v) is 7.81. The third kappa shape index (κ3) is 6.71. The Morgan fingerprint density at radius 3 is 2.50 bits per heavy atom. The van der Waals surface area contributed by atoms with E-state index in [2.05, 4.69) is 26.0 Å². The van der Waals surface area contributed by atoms with Crippen molar-refractivity contribution in [2.75, 3.05) is 12.4 Å². The van der Waals surface area contributed by atoms with Gasteiger partial charge in [0.05, 0.1) is 18.5 Å². The summed E-state index contributed by atoms with van der Waals surface area (Å²) in [4.78, 5) is 34.6. The maximum Gasteiger partial charge on any atom is 0.408 e. The zero-order valence-corrected chi connectivity index (χ0v) is 13.8. The Balaban J connectivity index is 2.48. The molecule has 0 heterocycles. The summed E-state index contributed by atoms with van der Waals surface area (Å²) in [5, 5.41) is 2.55. The minimum atomic E-state index is -0.790. The molecule has 0 aromatic heterocycles. The zero-order valence-electron chi connectivity index (χ0n) is 12.2. The second kappa shape index (κ2) is 9.94. The van der Waals surface area contributed by atoms with E-state index in [-0.39, 0.29) is 30.6 Å². The maximum atomic E-state index is 11.8. The average Bonchev–Trinajstić information content (AvgIpc) is 2.56. The second-order valence-corrected chi connectivity index (χ2v) is 5.03. The van der Waals surface area contributed by atoms with Gasteiger partial charge in [-0.15, -0.1) is 0 Å². The van der Waals surface area contributed by atoms with Crippen molar-refractivity contribution in [1.29, 1.82) is 0 Å². The molecule has 0 aliphatic heterocycles. The van der Waals surface area contributed by atoms with E-state index in [4.69, 9.17) is 4.74 Å². The van der Waals surface area contributed by atoms with Crippen LogP contribution >= 0.6 is 15.9 Å². The van der Waals surface area contributed by atoms with Crippen LogP contribution in [0.15, 0.2) is 30.3 Å². The lowest BCUT2D eigenvalue weighted by Gasteiger charge is -2.16. The Labute approximate surface area is 137 Å². The van der Waals surface area contributed by atoms with Gasteiger partial charge < -0.3 is 14.8 Å². The molecule has 0 radical (unpaired) electrons. The van der Waals surface area contributed by atoms with Crippen molar-refractivity contribution in [2.45, 2.75) is 25.5 Å². The largest absolute Gasteiger partial charge is 0.469 e. The van der Waals surface area contributed by atoms with Gasteiger partial charge in [-0.05, 0) is 12.0 Å². The Hall–Kier alpha value is -1.89. The molecule has 120 valence electrons. The molecule has 0 aliphatic carbocycles. The molecule has 1 rings (SSSR count). The highest BCUT2D eigenvalue weighted by atomic mass is 79.9. The monoisotopic (exact) mass is 371 g/mol. The minimum absolute atomic E-state index is 0.0405. The van der Waals surface area contributed by atoms with E-state index < -0.39 is 18.1 Å². The van der Waals surface area contributed by atoms with Gasteiger partial charge in [-0.3, -0.25) is 9.59 Å². The highest BCUT2D eigenvalue weighted by Crippen LogP contribution is 2.05. The molecular formula is C15H18BrNO5. The summed E-state index contributed by atoms with van der Waals surface area (Å²) in [5.74, 6) is -0.674. The van der Waals surface area contributed by atoms with Gasteiger partial charge in [0.1, 0.15) is 6.61 Å². The summed E-state index contributed by atoms with van der Waals surface area (Å²) < 4.78 is 9.57. The molecule has 0 aliphatic rings. The van der Waals surface area contributed by atoms with Crippen molar-refractivity contribution in [1.82, 2.24) is 5.32 Å². The molecule has 22 heavy (non-hydrogen) atoms. The molecule has 1 aromatic carbocycles. The quantitative estimate of drug-likeness (QED) is 0.559. The summed E-state index contributed by atoms with van der Waals surface area (Å²) in [5.41, 5.74) is 0.843. The molecule has 0 saturated carbocycles. The number of carbonyl (C=O) groups is 3. The Bertz CT molecular complexity index is 506. The highest BCUT2D eigenvalue weighted by Gasteiger charge is 2.21. The number of hydrogen-bond acceptors (Lipinski definition) is 5. The average molecular weight is 372 g/mol. The summed E-state index contributed by atoms with van der Waals surface area (Å²) in [6, 6.07) is 8.40. The first-order valence-electron chi connectivity index (χ1n) is 6.69. The minimum Gasteiger partial charge on any atom is -0.469 e. The zero-order chi connectivity index (χ0) is 16.4. The lowest BCUT2D eigenvalue weighted by Crippen LogP contribution is -2.42. The van der Waals surface area contributed by atoms with Crippen LogP contribution in [-0.4, -0.2) is 36.3 Å². The van der Waals surface area contributed by atoms with Crippen LogP contribution in [0, 0.1) is 0 Å². The van der Waals surface area contributed by atoms with Crippen LogP contribution in [0.4, 0.5) is 4.79 Å². The number of alkyl carbamates (subject to hydrolysis) is 1. The Morgan fingerprint density at radius 2 is 1.91 bits per heavy atom. The molecule has 0 unspecified atom stereocenters. The van der Waals surface area contributed by atoms with Crippen LogP contribution in [0.25, 0.3) is 0 Å². The predicted molar refractivity (Wildman–Crippen MR) is 83.6 cm³/mol. The number of hydrogen-bond donors (Lipinski definition) is 1. The summed E-state index contributed by atoms with van der Waals surface area (Å²) in [7, 11) is 1.27. The van der Waals surface area contributed by atoms with Crippen LogP contribution in [0.3, 0.4) is 0 Å². The van der Waals surface area contributed by atoms with Crippen molar-refractivity contribution in [2.24, 2.45) is 0 Å². The fourth-order valence-electron chi connectivity index (χ4n) is 1.68. The van der Waals surface area contributed by atoms with Gasteiger partial charge in [-0.25, -0.2) is 4.79 Å². The number of alkyl halides is 1. The Morgan fingerprint density at radius 1 is 1.23 bits per heavy atom. The van der Waals surface area contributed by atoms with Gasteiger partial charge in [-0.1, -0.05) is 46.3 Å². The molecule has 1 aromatic rings. The number of Topliss-reactive ketones (excluding diaryl/α,β-unsaturated/α-hetero) is 1. The van der Waals surface area contributed by atoms with Crippen LogP contribution < -0.4 is 5.32 Å². The number of ether oxygens (including phenoxy) is 2. The molecule has 1 N–H and O–H groups in total. The summed E-state index contributed by atoms with van der Waals surface area (Å²) in [6.45, 7) is 0.110. The molecule has 1 atom stereocenters. The number of ketones is 1. The smallest absolute Gasteiger partial charge is 0.408 e. The van der Waals surface area contributed by atoms with Crippen molar-refractivity contribution in [3.63, 3.8) is 0 Å². The third-order valence-electron chi connectivity index (χ3n) is 2.89. The number of esters is 1. The highest BCUT2D eigenvalue weighted by molar-refractivity contribution is 9.09. The van der Waals surface area contributed by atoms with E-state index in [1.54, 1.807) is 0 Å². The van der Waals surface area contributed by atoms with E-state index in [0.29, 0.717) is 0 Å². The van der Waals surface area contributed by atoms with Crippen molar-refractivity contribution in [3.05, 3.63) is 35.9 Å². The lowest BCUT2D eigenvalue weighted by atomic mass is 10.1. The number of nitrogens with one attached hydrogen (secondary N) is 1. The normalized spacial score (nSPS) is 11.4. The molecule has 0 saturated heterocycles. The van der Waals surface area contributed by atoms with E-state index in [1.807, 2.05) is 30.3 Å². The lowest BCUT2D eigenvalue weighted by molar-refractivity contribution is -0.140. The van der Waals surface area contributed by atoms with Crippen LogP contribution in [0.5, 0.6) is 0 Å². The standard InChI is InChI=1S/C15H18BrNO5/c1-21-14(19)8-7-12(13(18)9-16)17-15(20)22-10-11-5-3-2-4-6-11/h2-6,12H,7-10H2,1H3,(H,17,20)/t12-/m0/s1. The molecule has 0 spiro atoms. The van der Waals surface area contributed by atoms with Crippen LogP contribution in [-0.2, 0) is 25.7 Å². The van der Waals surface area contributed by atoms with Crippen LogP contribution in [0.1, 0.15) is 18.4 Å². The van der Waals surface area contributed by atoms with E-state index in [9.17, 15) is 14.4 Å². The molecule has 7 heteroatoms. The Kier molecular flexibility index (Phi) is 8.21. The molecule has 1 amide bonds. The van der Waals surface area contributed by atoms with Gasteiger partial charge >= 0.3 is 12.1 Å². The van der Waals surface area contributed by atoms with Gasteiger partial charge in [0.2, 0.25) is 0 Å². The summed E-state index contributed by atoms with van der Waals surface area (Å²) in [6.07, 6.45) is -0.496. The molecule has 0 bridgehead atoms. The van der Waals surface area contributed by atoms with Crippen molar-refractivity contribution >= 4 is 33.8 Å².